The molecular weight excluding hydrogens is 252 g/mol. The minimum Gasteiger partial charge on any atom is -0.384 e. The number of rotatable bonds is 9. The fraction of sp³-hybridized carbons (Fsp3) is 0.600. The summed E-state index contributed by atoms with van der Waals surface area (Å²) in [5.74, 6) is 0.950. The molecule has 112 valence electrons. The zero-order chi connectivity index (χ0) is 14.8. The van der Waals surface area contributed by atoms with Crippen molar-refractivity contribution in [3.8, 4) is 0 Å². The lowest BCUT2D eigenvalue weighted by Crippen LogP contribution is -2.32. The molecule has 0 saturated carbocycles. The van der Waals surface area contributed by atoms with Gasteiger partial charge in [-0.15, -0.1) is 0 Å². The van der Waals surface area contributed by atoms with Gasteiger partial charge >= 0.3 is 0 Å². The normalized spacial score (nSPS) is 11.8. The van der Waals surface area contributed by atoms with Crippen molar-refractivity contribution in [2.45, 2.75) is 46.1 Å². The molecule has 0 bridgehead atoms. The number of amides is 1. The average molecular weight is 278 g/mol. The molecule has 3 N–H and O–H groups in total. The van der Waals surface area contributed by atoms with E-state index in [2.05, 4.69) is 34.8 Å². The Labute approximate surface area is 121 Å². The summed E-state index contributed by atoms with van der Waals surface area (Å²) in [5.41, 5.74) is 0.981. The van der Waals surface area contributed by atoms with Crippen LogP contribution in [-0.2, 0) is 4.79 Å². The van der Waals surface area contributed by atoms with Crippen LogP contribution >= 0.6 is 0 Å². The number of hydrogen-bond donors (Lipinski definition) is 3. The minimum absolute atomic E-state index is 0.0882. The van der Waals surface area contributed by atoms with E-state index in [1.165, 1.54) is 0 Å². The van der Waals surface area contributed by atoms with E-state index >= 15 is 0 Å². The molecule has 0 saturated heterocycles. The van der Waals surface area contributed by atoms with Crippen LogP contribution in [0.25, 0.3) is 0 Å². The van der Waals surface area contributed by atoms with Gasteiger partial charge in [-0.3, -0.25) is 4.79 Å². The van der Waals surface area contributed by atoms with E-state index in [1.54, 1.807) is 6.20 Å². The number of aromatic nitrogens is 1. The second kappa shape index (κ2) is 9.18. The van der Waals surface area contributed by atoms with Crippen molar-refractivity contribution < 1.29 is 4.79 Å². The van der Waals surface area contributed by atoms with E-state index in [9.17, 15) is 4.79 Å². The lowest BCUT2D eigenvalue weighted by Gasteiger charge is -2.12. The Bertz CT molecular complexity index is 409. The third-order valence-corrected chi connectivity index (χ3v) is 3.02. The Kier molecular flexibility index (Phi) is 7.47. The van der Waals surface area contributed by atoms with Gasteiger partial charge < -0.3 is 16.0 Å². The molecule has 1 atom stereocenters. The summed E-state index contributed by atoms with van der Waals surface area (Å²) < 4.78 is 0. The third kappa shape index (κ3) is 6.41. The summed E-state index contributed by atoms with van der Waals surface area (Å²) >= 11 is 0. The fourth-order valence-corrected chi connectivity index (χ4v) is 1.66. The summed E-state index contributed by atoms with van der Waals surface area (Å²) in [6, 6.07) is 4.11. The summed E-state index contributed by atoms with van der Waals surface area (Å²) in [5, 5.41) is 9.43. The first-order chi connectivity index (χ1) is 9.65. The highest BCUT2D eigenvalue weighted by molar-refractivity contribution is 5.76. The second-order valence-corrected chi connectivity index (χ2v) is 4.91. The number of carbonyl (C=O) groups is 1. The van der Waals surface area contributed by atoms with Crippen LogP contribution < -0.4 is 16.0 Å². The van der Waals surface area contributed by atoms with E-state index in [0.717, 1.165) is 30.9 Å². The predicted octanol–water partition coefficient (Wildman–Crippen LogP) is 2.62. The molecule has 1 heterocycles. The maximum Gasteiger partial charge on any atom is 0.221 e. The highest BCUT2D eigenvalue weighted by Crippen LogP contribution is 2.11. The van der Waals surface area contributed by atoms with Crippen LogP contribution in [0.5, 0.6) is 0 Å². The molecule has 0 radical (unpaired) electrons. The van der Waals surface area contributed by atoms with Crippen LogP contribution in [-0.4, -0.2) is 30.0 Å². The standard InChI is InChI=1S/C15H26N4O/c1-4-8-17-14-11-13(6-9-18-14)16-10-7-15(20)19-12(3)5-2/h6,9,11-12H,4-5,7-8,10H2,1-3H3,(H,19,20)(H2,16,17,18). The number of hydrogen-bond acceptors (Lipinski definition) is 4. The Balaban J connectivity index is 2.32. The molecule has 1 unspecified atom stereocenters. The molecule has 0 aromatic carbocycles. The van der Waals surface area contributed by atoms with Crippen LogP contribution in [0.2, 0.25) is 0 Å². The quantitative estimate of drug-likeness (QED) is 0.649. The van der Waals surface area contributed by atoms with Crippen molar-refractivity contribution in [1.82, 2.24) is 10.3 Å². The lowest BCUT2D eigenvalue weighted by atomic mass is 10.2. The number of carbonyl (C=O) groups excluding carboxylic acids is 1. The first kappa shape index (κ1) is 16.3. The van der Waals surface area contributed by atoms with Gasteiger partial charge in [0.1, 0.15) is 5.82 Å². The first-order valence-corrected chi connectivity index (χ1v) is 7.38. The molecule has 5 heteroatoms. The zero-order valence-corrected chi connectivity index (χ0v) is 12.7. The molecule has 0 spiro atoms. The van der Waals surface area contributed by atoms with Gasteiger partial charge in [0.15, 0.2) is 0 Å². The van der Waals surface area contributed by atoms with Crippen molar-refractivity contribution >= 4 is 17.4 Å². The zero-order valence-electron chi connectivity index (χ0n) is 12.7. The SMILES string of the molecule is CCCNc1cc(NCCC(=O)NC(C)CC)ccn1. The predicted molar refractivity (Wildman–Crippen MR) is 84.0 cm³/mol. The van der Waals surface area contributed by atoms with E-state index in [1.807, 2.05) is 19.1 Å². The topological polar surface area (TPSA) is 66.0 Å². The monoisotopic (exact) mass is 278 g/mol. The number of anilines is 2. The van der Waals surface area contributed by atoms with Crippen molar-refractivity contribution in [3.05, 3.63) is 18.3 Å². The Morgan fingerprint density at radius 2 is 2.10 bits per heavy atom. The highest BCUT2D eigenvalue weighted by Gasteiger charge is 2.05. The molecule has 0 aliphatic rings. The maximum absolute atomic E-state index is 11.6. The van der Waals surface area contributed by atoms with Gasteiger partial charge in [0.05, 0.1) is 0 Å². The van der Waals surface area contributed by atoms with Crippen LogP contribution in [0, 0.1) is 0 Å². The maximum atomic E-state index is 11.6. The first-order valence-electron chi connectivity index (χ1n) is 7.38. The van der Waals surface area contributed by atoms with Gasteiger partial charge in [-0.2, -0.15) is 0 Å². The molecule has 1 amide bonds. The van der Waals surface area contributed by atoms with Gasteiger partial charge in [-0.05, 0) is 25.8 Å². The highest BCUT2D eigenvalue weighted by atomic mass is 16.1. The van der Waals surface area contributed by atoms with Crippen molar-refractivity contribution in [3.63, 3.8) is 0 Å². The fourth-order valence-electron chi connectivity index (χ4n) is 1.66. The van der Waals surface area contributed by atoms with Crippen LogP contribution in [0.3, 0.4) is 0 Å². The third-order valence-electron chi connectivity index (χ3n) is 3.02. The number of nitrogens with one attached hydrogen (secondary N) is 3. The van der Waals surface area contributed by atoms with Crippen LogP contribution in [0.15, 0.2) is 18.3 Å². The van der Waals surface area contributed by atoms with E-state index in [4.69, 9.17) is 0 Å². The molecule has 1 rings (SSSR count). The van der Waals surface area contributed by atoms with Gasteiger partial charge in [-0.25, -0.2) is 4.98 Å². The van der Waals surface area contributed by atoms with Gasteiger partial charge in [0.2, 0.25) is 5.91 Å². The smallest absolute Gasteiger partial charge is 0.221 e. The molecule has 1 aromatic heterocycles. The number of pyridine rings is 1. The van der Waals surface area contributed by atoms with Crippen molar-refractivity contribution in [2.75, 3.05) is 23.7 Å². The van der Waals surface area contributed by atoms with Gasteiger partial charge in [-0.1, -0.05) is 13.8 Å². The van der Waals surface area contributed by atoms with Crippen LogP contribution in [0.4, 0.5) is 11.5 Å². The largest absolute Gasteiger partial charge is 0.384 e. The van der Waals surface area contributed by atoms with Crippen molar-refractivity contribution in [1.29, 1.82) is 0 Å². The van der Waals surface area contributed by atoms with E-state index < -0.39 is 0 Å². The summed E-state index contributed by atoms with van der Waals surface area (Å²) in [4.78, 5) is 15.9. The number of nitrogens with zero attached hydrogens (tertiary/aromatic N) is 1. The van der Waals surface area contributed by atoms with Crippen molar-refractivity contribution in [2.24, 2.45) is 0 Å². The van der Waals surface area contributed by atoms with E-state index in [0.29, 0.717) is 13.0 Å². The molecule has 5 nitrogen and oxygen atoms in total. The Hall–Kier alpha value is -1.78. The Morgan fingerprint density at radius 1 is 1.30 bits per heavy atom. The molecule has 1 aromatic rings. The molecule has 20 heavy (non-hydrogen) atoms. The summed E-state index contributed by atoms with van der Waals surface area (Å²) in [6.45, 7) is 7.73. The minimum atomic E-state index is 0.0882. The molecular formula is C15H26N4O. The summed E-state index contributed by atoms with van der Waals surface area (Å²) in [6.07, 6.45) is 4.26. The lowest BCUT2D eigenvalue weighted by molar-refractivity contribution is -0.121. The summed E-state index contributed by atoms with van der Waals surface area (Å²) in [7, 11) is 0. The molecule has 0 aliphatic heterocycles. The molecule has 0 aliphatic carbocycles. The van der Waals surface area contributed by atoms with Crippen LogP contribution in [0.1, 0.15) is 40.0 Å². The molecule has 0 fully saturated rings. The average Bonchev–Trinajstić information content (AvgIpc) is 2.45. The second-order valence-electron chi connectivity index (χ2n) is 4.91. The van der Waals surface area contributed by atoms with E-state index in [-0.39, 0.29) is 11.9 Å². The Morgan fingerprint density at radius 3 is 2.80 bits per heavy atom. The van der Waals surface area contributed by atoms with Gasteiger partial charge in [0, 0.05) is 43.5 Å². The van der Waals surface area contributed by atoms with Gasteiger partial charge in [0.25, 0.3) is 0 Å².